The van der Waals surface area contributed by atoms with Gasteiger partial charge in [-0.05, 0) is 69.6 Å². The maximum absolute atomic E-state index is 14.5. The van der Waals surface area contributed by atoms with Crippen LogP contribution in [0.2, 0.25) is 0 Å². The summed E-state index contributed by atoms with van der Waals surface area (Å²) in [6, 6.07) is 6.00. The molecule has 188 valence electrons. The lowest BCUT2D eigenvalue weighted by atomic mass is 9.69. The standard InChI is InChI=1S/C27H28F2N4O3/c1-27(26(34)35)8-4-15(5-9-27)22-23-21(12-17-14-30-32-25(17)31-23)33(18-2-3-19(28)20(29)13-18)24(22)16-6-10-36-11-7-16/h2-3,12-16H,4-11H2,1H3,(H,34,35)(H,30,31,32). The lowest BCUT2D eigenvalue weighted by Gasteiger charge is -2.35. The van der Waals surface area contributed by atoms with Gasteiger partial charge < -0.3 is 14.4 Å². The van der Waals surface area contributed by atoms with Crippen LogP contribution < -0.4 is 0 Å². The molecule has 1 aliphatic carbocycles. The number of hydrogen-bond acceptors (Lipinski definition) is 4. The molecule has 2 N–H and O–H groups in total. The third kappa shape index (κ3) is 3.68. The van der Waals surface area contributed by atoms with E-state index in [4.69, 9.17) is 9.72 Å². The largest absolute Gasteiger partial charge is 0.481 e. The fourth-order valence-electron chi connectivity index (χ4n) is 6.04. The van der Waals surface area contributed by atoms with Crippen molar-refractivity contribution in [1.29, 1.82) is 0 Å². The second-order valence-electron chi connectivity index (χ2n) is 10.4. The highest BCUT2D eigenvalue weighted by molar-refractivity contribution is 5.93. The Hall–Kier alpha value is -3.33. The van der Waals surface area contributed by atoms with Crippen molar-refractivity contribution in [3.8, 4) is 5.69 Å². The number of halogens is 2. The highest BCUT2D eigenvalue weighted by Gasteiger charge is 2.40. The highest BCUT2D eigenvalue weighted by atomic mass is 19.2. The molecule has 9 heteroatoms. The number of hydrogen-bond donors (Lipinski definition) is 2. The number of aromatic amines is 1. The van der Waals surface area contributed by atoms with Crippen LogP contribution in [0.25, 0.3) is 27.8 Å². The fourth-order valence-corrected chi connectivity index (χ4v) is 6.04. The number of carbonyl (C=O) groups is 1. The van der Waals surface area contributed by atoms with Gasteiger partial charge in [0.1, 0.15) is 0 Å². The molecule has 0 spiro atoms. The molecule has 1 saturated carbocycles. The van der Waals surface area contributed by atoms with Gasteiger partial charge >= 0.3 is 5.97 Å². The van der Waals surface area contributed by atoms with E-state index in [-0.39, 0.29) is 11.8 Å². The van der Waals surface area contributed by atoms with Crippen LogP contribution in [0.4, 0.5) is 8.78 Å². The van der Waals surface area contributed by atoms with Crippen molar-refractivity contribution in [2.24, 2.45) is 5.41 Å². The Balaban J connectivity index is 1.61. The second-order valence-corrected chi connectivity index (χ2v) is 10.4. The quantitative estimate of drug-likeness (QED) is 0.373. The highest BCUT2D eigenvalue weighted by Crippen LogP contribution is 2.49. The summed E-state index contributed by atoms with van der Waals surface area (Å²) >= 11 is 0. The van der Waals surface area contributed by atoms with E-state index in [2.05, 4.69) is 10.2 Å². The average Bonchev–Trinajstić information content (AvgIpc) is 3.47. The molecule has 0 radical (unpaired) electrons. The van der Waals surface area contributed by atoms with Crippen molar-refractivity contribution in [2.75, 3.05) is 13.2 Å². The van der Waals surface area contributed by atoms with E-state index >= 15 is 0 Å². The summed E-state index contributed by atoms with van der Waals surface area (Å²) < 4.78 is 36.1. The van der Waals surface area contributed by atoms with Crippen LogP contribution in [0.5, 0.6) is 0 Å². The molecule has 4 aromatic rings. The summed E-state index contributed by atoms with van der Waals surface area (Å²) in [5, 5.41) is 17.7. The van der Waals surface area contributed by atoms with Crippen molar-refractivity contribution in [1.82, 2.24) is 19.7 Å². The molecule has 0 atom stereocenters. The van der Waals surface area contributed by atoms with Gasteiger partial charge in [0.25, 0.3) is 0 Å². The third-order valence-corrected chi connectivity index (χ3v) is 8.20. The molecule has 1 aromatic carbocycles. The molecular weight excluding hydrogens is 466 g/mol. The Morgan fingerprint density at radius 3 is 2.56 bits per heavy atom. The number of aliphatic carboxylic acids is 1. The minimum absolute atomic E-state index is 0.109. The molecule has 0 unspecified atom stereocenters. The number of fused-ring (bicyclic) bond motifs is 2. The number of carboxylic acid groups (broad SMARTS) is 1. The Morgan fingerprint density at radius 1 is 1.11 bits per heavy atom. The molecule has 3 aromatic heterocycles. The number of carboxylic acids is 1. The van der Waals surface area contributed by atoms with E-state index in [1.54, 1.807) is 12.3 Å². The summed E-state index contributed by atoms with van der Waals surface area (Å²) in [6.45, 7) is 3.08. The van der Waals surface area contributed by atoms with E-state index in [1.807, 2.05) is 17.6 Å². The van der Waals surface area contributed by atoms with Crippen LogP contribution in [-0.4, -0.2) is 44.0 Å². The first-order valence-electron chi connectivity index (χ1n) is 12.5. The molecule has 0 amide bonds. The minimum atomic E-state index is -0.902. The molecular formula is C27H28F2N4O3. The first-order chi connectivity index (χ1) is 17.4. The zero-order chi connectivity index (χ0) is 25.0. The van der Waals surface area contributed by atoms with E-state index in [1.165, 1.54) is 6.07 Å². The molecule has 1 saturated heterocycles. The van der Waals surface area contributed by atoms with Crippen molar-refractivity contribution >= 4 is 28.0 Å². The van der Waals surface area contributed by atoms with Gasteiger partial charge in [-0.3, -0.25) is 9.89 Å². The van der Waals surface area contributed by atoms with Crippen LogP contribution >= 0.6 is 0 Å². The molecule has 1 aliphatic heterocycles. The van der Waals surface area contributed by atoms with Crippen molar-refractivity contribution in [2.45, 2.75) is 57.3 Å². The van der Waals surface area contributed by atoms with Gasteiger partial charge in [-0.1, -0.05) is 0 Å². The Morgan fingerprint density at radius 2 is 1.86 bits per heavy atom. The minimum Gasteiger partial charge on any atom is -0.481 e. The number of benzene rings is 1. The van der Waals surface area contributed by atoms with Crippen molar-refractivity contribution < 1.29 is 23.4 Å². The van der Waals surface area contributed by atoms with Crippen LogP contribution in [0.3, 0.4) is 0 Å². The lowest BCUT2D eigenvalue weighted by molar-refractivity contribution is -0.149. The van der Waals surface area contributed by atoms with Crippen LogP contribution in [0.1, 0.15) is 68.5 Å². The number of nitrogens with one attached hydrogen (secondary N) is 1. The Labute approximate surface area is 206 Å². The predicted octanol–water partition coefficient (Wildman–Crippen LogP) is 5.82. The number of H-pyrrole nitrogens is 1. The van der Waals surface area contributed by atoms with Gasteiger partial charge in [-0.2, -0.15) is 5.10 Å². The number of pyridine rings is 1. The molecule has 6 rings (SSSR count). The van der Waals surface area contributed by atoms with Gasteiger partial charge in [-0.25, -0.2) is 13.8 Å². The number of rotatable bonds is 4. The van der Waals surface area contributed by atoms with Crippen molar-refractivity contribution in [3.63, 3.8) is 0 Å². The maximum atomic E-state index is 14.5. The number of nitrogens with zero attached hydrogens (tertiary/aromatic N) is 3. The average molecular weight is 495 g/mol. The molecule has 2 fully saturated rings. The van der Waals surface area contributed by atoms with Crippen molar-refractivity contribution in [3.05, 3.63) is 53.4 Å². The number of aromatic nitrogens is 4. The summed E-state index contributed by atoms with van der Waals surface area (Å²) in [6.07, 6.45) is 5.92. The van der Waals surface area contributed by atoms with Gasteiger partial charge in [0.15, 0.2) is 17.3 Å². The number of ether oxygens (including phenoxy) is 1. The van der Waals surface area contributed by atoms with E-state index in [9.17, 15) is 18.7 Å². The summed E-state index contributed by atoms with van der Waals surface area (Å²) in [7, 11) is 0. The zero-order valence-corrected chi connectivity index (χ0v) is 20.1. The fraction of sp³-hybridized carbons (Fsp3) is 0.444. The lowest BCUT2D eigenvalue weighted by Crippen LogP contribution is -2.32. The molecule has 0 bridgehead atoms. The smallest absolute Gasteiger partial charge is 0.309 e. The molecule has 36 heavy (non-hydrogen) atoms. The van der Waals surface area contributed by atoms with Gasteiger partial charge in [0, 0.05) is 47.5 Å². The summed E-state index contributed by atoms with van der Waals surface area (Å²) in [5.74, 6) is -2.29. The SMILES string of the molecule is CC1(C(=O)O)CCC(c2c(C3CCOCC3)n(-c3ccc(F)c(F)c3)c3cc4cn[nH]c4nc23)CC1. The summed E-state index contributed by atoms with van der Waals surface area (Å²) in [4.78, 5) is 16.9. The van der Waals surface area contributed by atoms with E-state index in [0.29, 0.717) is 37.4 Å². The normalized spacial score (nSPS) is 23.5. The van der Waals surface area contributed by atoms with E-state index < -0.39 is 23.0 Å². The molecule has 4 heterocycles. The Kier molecular flexibility index (Phi) is 5.55. The maximum Gasteiger partial charge on any atom is 0.309 e. The zero-order valence-electron chi connectivity index (χ0n) is 20.1. The van der Waals surface area contributed by atoms with Gasteiger partial charge in [0.05, 0.1) is 22.6 Å². The molecule has 7 nitrogen and oxygen atoms in total. The predicted molar refractivity (Wildman–Crippen MR) is 130 cm³/mol. The van der Waals surface area contributed by atoms with Gasteiger partial charge in [0.2, 0.25) is 0 Å². The van der Waals surface area contributed by atoms with Gasteiger partial charge in [-0.15, -0.1) is 0 Å². The first kappa shape index (κ1) is 23.1. The topological polar surface area (TPSA) is 93.0 Å². The first-order valence-corrected chi connectivity index (χ1v) is 12.5. The van der Waals surface area contributed by atoms with Crippen LogP contribution in [0.15, 0.2) is 30.5 Å². The monoisotopic (exact) mass is 494 g/mol. The Bertz CT molecular complexity index is 1460. The second kappa shape index (κ2) is 8.65. The van der Waals surface area contributed by atoms with E-state index in [0.717, 1.165) is 59.4 Å². The summed E-state index contributed by atoms with van der Waals surface area (Å²) in [5.41, 5.74) is 4.23. The van der Waals surface area contributed by atoms with Crippen LogP contribution in [0, 0.1) is 17.0 Å². The third-order valence-electron chi connectivity index (χ3n) is 8.20. The van der Waals surface area contributed by atoms with Crippen LogP contribution in [-0.2, 0) is 9.53 Å². The molecule has 2 aliphatic rings.